The van der Waals surface area contributed by atoms with Crippen LogP contribution < -0.4 is 0 Å². The smallest absolute Gasteiger partial charge is 0.462 e. The van der Waals surface area contributed by atoms with E-state index in [9.17, 15) is 43.2 Å². The van der Waals surface area contributed by atoms with Gasteiger partial charge >= 0.3 is 39.5 Å². The lowest BCUT2D eigenvalue weighted by molar-refractivity contribution is -0.161. The van der Waals surface area contributed by atoms with Crippen LogP contribution in [0.3, 0.4) is 0 Å². The Balaban J connectivity index is 5.19. The Hall–Kier alpha value is -1.94. The van der Waals surface area contributed by atoms with Gasteiger partial charge in [0.05, 0.1) is 26.4 Å². The molecule has 0 fully saturated rings. The monoisotopic (exact) mass is 1440 g/mol. The van der Waals surface area contributed by atoms with Crippen molar-refractivity contribution in [3.05, 3.63) is 0 Å². The average molecular weight is 1440 g/mol. The van der Waals surface area contributed by atoms with Gasteiger partial charge in [0, 0.05) is 25.7 Å². The summed E-state index contributed by atoms with van der Waals surface area (Å²) in [7, 11) is -9.92. The van der Waals surface area contributed by atoms with Crippen molar-refractivity contribution >= 4 is 39.5 Å². The number of phosphoric acid groups is 2. The molecular weight excluding hydrogens is 1280 g/mol. The third-order valence-electron chi connectivity index (χ3n) is 18.7. The van der Waals surface area contributed by atoms with Crippen LogP contribution >= 0.6 is 15.6 Å². The largest absolute Gasteiger partial charge is 0.472 e. The second-order valence-corrected chi connectivity index (χ2v) is 33.0. The number of rotatable bonds is 76. The van der Waals surface area contributed by atoms with Gasteiger partial charge in [-0.1, -0.05) is 351 Å². The van der Waals surface area contributed by atoms with Crippen molar-refractivity contribution < 1.29 is 80.2 Å². The van der Waals surface area contributed by atoms with Crippen LogP contribution in [0.1, 0.15) is 402 Å². The molecule has 0 aliphatic rings. The Bertz CT molecular complexity index is 1920. The van der Waals surface area contributed by atoms with Crippen molar-refractivity contribution in [3.8, 4) is 0 Å². The van der Waals surface area contributed by atoms with Crippen molar-refractivity contribution in [3.63, 3.8) is 0 Å². The zero-order valence-electron chi connectivity index (χ0n) is 64.4. The number of carbonyl (C=O) groups excluding carboxylic acids is 4. The lowest BCUT2D eigenvalue weighted by Gasteiger charge is -2.21. The third-order valence-corrected chi connectivity index (χ3v) is 20.6. The van der Waals surface area contributed by atoms with Gasteiger partial charge < -0.3 is 33.8 Å². The minimum atomic E-state index is -4.96. The molecule has 0 radical (unpaired) electrons. The summed E-state index contributed by atoms with van der Waals surface area (Å²) in [6.45, 7) is 14.2. The first kappa shape index (κ1) is 96.1. The predicted octanol–water partition coefficient (Wildman–Crippen LogP) is 23.2. The minimum absolute atomic E-state index is 0.105. The van der Waals surface area contributed by atoms with Gasteiger partial charge in [-0.05, 0) is 49.4 Å². The van der Waals surface area contributed by atoms with E-state index < -0.39 is 97.5 Å². The average Bonchev–Trinajstić information content (AvgIpc) is 0.976. The topological polar surface area (TPSA) is 237 Å². The van der Waals surface area contributed by atoms with Crippen molar-refractivity contribution in [2.24, 2.45) is 23.7 Å². The van der Waals surface area contributed by atoms with Gasteiger partial charge in [0.25, 0.3) is 0 Å². The van der Waals surface area contributed by atoms with Crippen LogP contribution in [0.25, 0.3) is 0 Å². The van der Waals surface area contributed by atoms with Crippen LogP contribution in [0.15, 0.2) is 0 Å². The number of phosphoric ester groups is 2. The molecule has 0 bridgehead atoms. The van der Waals surface area contributed by atoms with Crippen molar-refractivity contribution in [2.75, 3.05) is 39.6 Å². The second kappa shape index (κ2) is 68.2. The quantitative estimate of drug-likeness (QED) is 0.0222. The van der Waals surface area contributed by atoms with E-state index in [-0.39, 0.29) is 25.7 Å². The van der Waals surface area contributed by atoms with Crippen molar-refractivity contribution in [1.29, 1.82) is 0 Å². The summed E-state index contributed by atoms with van der Waals surface area (Å²) in [5, 5.41) is 10.6. The first-order valence-corrected chi connectivity index (χ1v) is 43.7. The van der Waals surface area contributed by atoms with Gasteiger partial charge in [-0.25, -0.2) is 9.13 Å². The van der Waals surface area contributed by atoms with Gasteiger partial charge in [0.15, 0.2) is 12.2 Å². The van der Waals surface area contributed by atoms with Gasteiger partial charge in [-0.3, -0.25) is 37.3 Å². The maximum atomic E-state index is 13.1. The highest BCUT2D eigenvalue weighted by Crippen LogP contribution is 2.45. The summed E-state index contributed by atoms with van der Waals surface area (Å²) in [6, 6.07) is 0. The van der Waals surface area contributed by atoms with E-state index in [1.54, 1.807) is 0 Å². The van der Waals surface area contributed by atoms with E-state index in [0.717, 1.165) is 114 Å². The molecule has 0 aromatic carbocycles. The number of hydrogen-bond donors (Lipinski definition) is 3. The molecule has 6 atom stereocenters. The summed E-state index contributed by atoms with van der Waals surface area (Å²) in [6.07, 6.45) is 54.3. The van der Waals surface area contributed by atoms with Crippen LogP contribution in [0.5, 0.6) is 0 Å². The number of hydrogen-bond acceptors (Lipinski definition) is 15. The SMILES string of the molecule is CCC(C)CCCCCCCCCCCCCCCCCCCCC(=O)O[C@H](COC(=O)CCCCCCCCCCCCC(C)C)COP(=O)(O)OC[C@@H](O)COP(=O)(O)OC[C@@H](COC(=O)CCCCCCCCC(C)C)OC(=O)CCCCCCCCCCCCCC(C)C. The Morgan fingerprint density at radius 3 is 0.724 bits per heavy atom. The Morgan fingerprint density at radius 2 is 0.490 bits per heavy atom. The number of esters is 4. The molecule has 0 aromatic heterocycles. The summed E-state index contributed by atoms with van der Waals surface area (Å²) in [5.74, 6) is 0.955. The fourth-order valence-electron chi connectivity index (χ4n) is 12.0. The number of carbonyl (C=O) groups is 4. The molecule has 0 spiro atoms. The number of aliphatic hydroxyl groups is 1. The van der Waals surface area contributed by atoms with Gasteiger partial charge in [0.2, 0.25) is 0 Å². The zero-order chi connectivity index (χ0) is 72.4. The maximum absolute atomic E-state index is 13.1. The van der Waals surface area contributed by atoms with E-state index in [1.807, 2.05) is 0 Å². The number of ether oxygens (including phenoxy) is 4. The summed E-state index contributed by atoms with van der Waals surface area (Å²) in [4.78, 5) is 72.9. The molecule has 3 unspecified atom stereocenters. The van der Waals surface area contributed by atoms with Crippen LogP contribution in [-0.4, -0.2) is 96.7 Å². The molecule has 0 aliphatic carbocycles. The van der Waals surface area contributed by atoms with E-state index in [4.69, 9.17) is 37.0 Å². The van der Waals surface area contributed by atoms with Crippen LogP contribution in [0, 0.1) is 23.7 Å². The predicted molar refractivity (Wildman–Crippen MR) is 400 cm³/mol. The van der Waals surface area contributed by atoms with Crippen LogP contribution in [-0.2, 0) is 65.4 Å². The molecule has 0 aromatic rings. The van der Waals surface area contributed by atoms with Crippen LogP contribution in [0.4, 0.5) is 0 Å². The molecule has 3 N–H and O–H groups in total. The number of aliphatic hydroxyl groups excluding tert-OH is 1. The summed E-state index contributed by atoms with van der Waals surface area (Å²) >= 11 is 0. The lowest BCUT2D eigenvalue weighted by atomic mass is 9.99. The third kappa shape index (κ3) is 71.1. The second-order valence-electron chi connectivity index (χ2n) is 30.1. The molecule has 0 rings (SSSR count). The van der Waals surface area contributed by atoms with E-state index in [2.05, 4.69) is 55.4 Å². The van der Waals surface area contributed by atoms with E-state index >= 15 is 0 Å². The van der Waals surface area contributed by atoms with Gasteiger partial charge in [0.1, 0.15) is 19.3 Å². The van der Waals surface area contributed by atoms with E-state index in [1.165, 1.54) is 199 Å². The fourth-order valence-corrected chi connectivity index (χ4v) is 13.6. The molecule has 0 saturated heterocycles. The number of unbranched alkanes of at least 4 members (excludes halogenated alkanes) is 41. The molecule has 0 aliphatic heterocycles. The molecule has 0 saturated carbocycles. The zero-order valence-corrected chi connectivity index (χ0v) is 66.2. The minimum Gasteiger partial charge on any atom is -0.462 e. The molecule has 0 heterocycles. The summed E-state index contributed by atoms with van der Waals surface area (Å²) < 4.78 is 68.6. The highest BCUT2D eigenvalue weighted by molar-refractivity contribution is 7.47. The standard InChI is InChI=1S/C79H154O17P2/c1-9-72(8)58-50-42-33-27-20-16-14-12-10-11-13-15-17-21-29-35-45-53-61-78(83)95-74(65-89-76(81)59-51-43-34-28-24-23-26-32-40-48-56-70(4)5)67-93-97(85,86)91-63-73(80)64-92-98(87,88)94-68-75(66-90-77(82)60-52-44-38-37-41-49-57-71(6)7)96-79(84)62-54-46-36-30-22-18-19-25-31-39-47-55-69(2)3/h69-75,80H,9-68H2,1-8H3,(H,85,86)(H,87,88)/t72?,73-,74-,75-/m1/s1. The highest BCUT2D eigenvalue weighted by Gasteiger charge is 2.30. The van der Waals surface area contributed by atoms with Crippen LogP contribution in [0.2, 0.25) is 0 Å². The van der Waals surface area contributed by atoms with Crippen molar-refractivity contribution in [2.45, 2.75) is 420 Å². The first-order valence-electron chi connectivity index (χ1n) is 40.7. The first-order chi connectivity index (χ1) is 47.1. The Kier molecular flexibility index (Phi) is 66.8. The van der Waals surface area contributed by atoms with Gasteiger partial charge in [-0.2, -0.15) is 0 Å². The normalized spacial score (nSPS) is 14.3. The lowest BCUT2D eigenvalue weighted by Crippen LogP contribution is -2.30. The van der Waals surface area contributed by atoms with Gasteiger partial charge in [-0.15, -0.1) is 0 Å². The Labute approximate surface area is 600 Å². The molecule has 17 nitrogen and oxygen atoms in total. The molecular formula is C79H154O17P2. The molecule has 0 amide bonds. The molecule has 98 heavy (non-hydrogen) atoms. The summed E-state index contributed by atoms with van der Waals surface area (Å²) in [5.41, 5.74) is 0. The fraction of sp³-hybridized carbons (Fsp3) is 0.949. The molecule has 582 valence electrons. The molecule has 19 heteroatoms. The van der Waals surface area contributed by atoms with E-state index in [0.29, 0.717) is 31.6 Å². The Morgan fingerprint density at radius 1 is 0.286 bits per heavy atom. The van der Waals surface area contributed by atoms with Crippen molar-refractivity contribution in [1.82, 2.24) is 0 Å². The highest BCUT2D eigenvalue weighted by atomic mass is 31.2. The maximum Gasteiger partial charge on any atom is 0.472 e.